The van der Waals surface area contributed by atoms with Crippen LogP contribution in [0.4, 0.5) is 0 Å². The van der Waals surface area contributed by atoms with Crippen molar-refractivity contribution in [3.63, 3.8) is 0 Å². The van der Waals surface area contributed by atoms with Crippen LogP contribution in [0.3, 0.4) is 0 Å². The Bertz CT molecular complexity index is 2060. The lowest BCUT2D eigenvalue weighted by atomic mass is 9.89. The summed E-state index contributed by atoms with van der Waals surface area (Å²) < 4.78 is 7.00. The molecule has 0 saturated carbocycles. The molecule has 1 heterocycles. The zero-order chi connectivity index (χ0) is 35.1. The number of benzene rings is 4. The molecule has 0 saturated heterocycles. The van der Waals surface area contributed by atoms with Crippen LogP contribution in [0.1, 0.15) is 58.4 Å². The van der Waals surface area contributed by atoms with Crippen molar-refractivity contribution >= 4 is 57.3 Å². The summed E-state index contributed by atoms with van der Waals surface area (Å²) in [5, 5.41) is 35.8. The number of fused-ring (bicyclic) bond motifs is 2. The molecule has 3 aromatic rings. The average Bonchev–Trinajstić information content (AvgIpc) is 3.06. The zero-order valence-electron chi connectivity index (χ0n) is 26.2. The van der Waals surface area contributed by atoms with Gasteiger partial charge in [0.2, 0.25) is 5.91 Å². The third-order valence-corrected chi connectivity index (χ3v) is 8.81. The van der Waals surface area contributed by atoms with Crippen LogP contribution in [0.5, 0.6) is 5.75 Å². The molecule has 49 heavy (non-hydrogen) atoms. The van der Waals surface area contributed by atoms with Crippen molar-refractivity contribution in [2.45, 2.75) is 44.6 Å². The van der Waals surface area contributed by atoms with E-state index < -0.39 is 23.9 Å². The fourth-order valence-corrected chi connectivity index (χ4v) is 5.98. The van der Waals surface area contributed by atoms with Crippen LogP contribution in [0.15, 0.2) is 88.1 Å². The molecule has 12 heteroatoms. The van der Waals surface area contributed by atoms with E-state index in [0.717, 1.165) is 9.99 Å². The number of halogens is 1. The number of carboxylic acids is 2. The number of phenols is 1. The molecule has 0 bridgehead atoms. The number of hydrogen-bond acceptors (Lipinski definition) is 7. The lowest BCUT2D eigenvalue weighted by molar-refractivity contribution is -0.139. The van der Waals surface area contributed by atoms with Crippen LogP contribution in [-0.4, -0.2) is 51.7 Å². The SMILES string of the molecule is O=C(CCCc1ccc(I)cc1)NCCCC[C@@H](NC(=O)c1ccc(-c2c3ccc(=O)cc-3oc3cc(O)ccc23)c(C(=O)O)c1)C(=O)O. The van der Waals surface area contributed by atoms with Gasteiger partial charge in [0.05, 0.1) is 5.56 Å². The van der Waals surface area contributed by atoms with Crippen molar-refractivity contribution in [3.8, 4) is 28.2 Å². The van der Waals surface area contributed by atoms with Gasteiger partial charge >= 0.3 is 11.9 Å². The van der Waals surface area contributed by atoms with Gasteiger partial charge in [0.15, 0.2) is 5.43 Å². The summed E-state index contributed by atoms with van der Waals surface area (Å²) in [6.45, 7) is 0.373. The van der Waals surface area contributed by atoms with Gasteiger partial charge in [-0.2, -0.15) is 0 Å². The predicted octanol–water partition coefficient (Wildman–Crippen LogP) is 6.07. The van der Waals surface area contributed by atoms with Crippen molar-refractivity contribution in [2.24, 2.45) is 0 Å². The second kappa shape index (κ2) is 15.8. The summed E-state index contributed by atoms with van der Waals surface area (Å²) in [5.41, 5.74) is 1.86. The number of unbranched alkanes of at least 4 members (excludes halogenated alkanes) is 1. The molecule has 0 aromatic heterocycles. The Balaban J connectivity index is 1.23. The molecule has 252 valence electrons. The fraction of sp³-hybridized carbons (Fsp3) is 0.216. The van der Waals surface area contributed by atoms with E-state index in [9.17, 15) is 39.3 Å². The molecular formula is C37H33IN2O9. The van der Waals surface area contributed by atoms with E-state index in [1.165, 1.54) is 54.1 Å². The first-order chi connectivity index (χ1) is 23.5. The lowest BCUT2D eigenvalue weighted by Crippen LogP contribution is -2.41. The van der Waals surface area contributed by atoms with Gasteiger partial charge in [0.1, 0.15) is 23.1 Å². The minimum atomic E-state index is -1.34. The van der Waals surface area contributed by atoms with Crippen LogP contribution < -0.4 is 16.1 Å². The molecular weight excluding hydrogens is 743 g/mol. The normalized spacial score (nSPS) is 11.7. The first-order valence-corrected chi connectivity index (χ1v) is 16.7. The number of carbonyl (C=O) groups is 4. The Morgan fingerprint density at radius 3 is 2.33 bits per heavy atom. The Morgan fingerprint density at radius 1 is 0.837 bits per heavy atom. The van der Waals surface area contributed by atoms with Gasteiger partial charge < -0.3 is 30.4 Å². The fourth-order valence-electron chi connectivity index (χ4n) is 5.62. The number of amides is 2. The van der Waals surface area contributed by atoms with E-state index in [4.69, 9.17) is 4.42 Å². The molecule has 0 spiro atoms. The maximum Gasteiger partial charge on any atom is 0.336 e. The highest BCUT2D eigenvalue weighted by molar-refractivity contribution is 14.1. The number of carboxylic acid groups (broad SMARTS) is 2. The summed E-state index contributed by atoms with van der Waals surface area (Å²) in [4.78, 5) is 61.9. The van der Waals surface area contributed by atoms with E-state index in [-0.39, 0.29) is 51.5 Å². The predicted molar refractivity (Wildman–Crippen MR) is 191 cm³/mol. The molecule has 1 aliphatic heterocycles. The summed E-state index contributed by atoms with van der Waals surface area (Å²) in [5.74, 6) is -3.33. The zero-order valence-corrected chi connectivity index (χ0v) is 28.4. The largest absolute Gasteiger partial charge is 0.508 e. The Hall–Kier alpha value is -5.24. The average molecular weight is 777 g/mol. The summed E-state index contributed by atoms with van der Waals surface area (Å²) >= 11 is 2.24. The quantitative estimate of drug-likeness (QED) is 0.0508. The standard InChI is InChI=1S/C37H33IN2O9/c38-23-10-7-21(8-11-23)4-3-6-33(43)39-17-2-1-5-30(37(47)48)40-35(44)22-9-14-26(29(18-22)36(45)46)34-27-15-12-24(41)19-31(27)49-32-20-25(42)13-16-28(32)34/h7-16,18-20,30,41H,1-6,17H2,(H,39,43)(H,40,44)(H,45,46)(H,47,48)/t30-/m1/s1. The molecule has 1 aliphatic carbocycles. The summed E-state index contributed by atoms with van der Waals surface area (Å²) in [6.07, 6.45) is 2.93. The number of carbonyl (C=O) groups excluding carboxylic acids is 2. The minimum absolute atomic E-state index is 0.0568. The number of aromatic hydroxyl groups is 1. The van der Waals surface area contributed by atoms with Crippen molar-refractivity contribution in [1.29, 1.82) is 0 Å². The monoisotopic (exact) mass is 776 g/mol. The van der Waals surface area contributed by atoms with Crippen molar-refractivity contribution in [2.75, 3.05) is 6.54 Å². The van der Waals surface area contributed by atoms with Gasteiger partial charge in [-0.3, -0.25) is 14.4 Å². The van der Waals surface area contributed by atoms with E-state index in [0.29, 0.717) is 48.7 Å². The van der Waals surface area contributed by atoms with Crippen molar-refractivity contribution in [3.05, 3.63) is 109 Å². The Morgan fingerprint density at radius 2 is 1.59 bits per heavy atom. The molecule has 0 unspecified atom stereocenters. The van der Waals surface area contributed by atoms with E-state index in [1.54, 1.807) is 6.07 Å². The van der Waals surface area contributed by atoms with Crippen molar-refractivity contribution in [1.82, 2.24) is 10.6 Å². The highest BCUT2D eigenvalue weighted by atomic mass is 127. The van der Waals surface area contributed by atoms with E-state index >= 15 is 0 Å². The summed E-state index contributed by atoms with van der Waals surface area (Å²) in [6, 6.07) is 19.4. The number of hydrogen-bond donors (Lipinski definition) is 5. The van der Waals surface area contributed by atoms with Gasteiger partial charge in [-0.15, -0.1) is 0 Å². The summed E-state index contributed by atoms with van der Waals surface area (Å²) in [7, 11) is 0. The maximum atomic E-state index is 13.2. The highest BCUT2D eigenvalue weighted by Crippen LogP contribution is 2.42. The Labute approximate surface area is 294 Å². The molecule has 11 nitrogen and oxygen atoms in total. The molecule has 0 radical (unpaired) electrons. The molecule has 2 amide bonds. The number of nitrogens with one attached hydrogen (secondary N) is 2. The topological polar surface area (TPSA) is 183 Å². The van der Waals surface area contributed by atoms with Crippen LogP contribution in [0, 0.1) is 3.57 Å². The molecule has 5 rings (SSSR count). The number of aryl methyl sites for hydroxylation is 1. The van der Waals surface area contributed by atoms with Crippen LogP contribution in [0.2, 0.25) is 0 Å². The number of aromatic carboxylic acids is 1. The van der Waals surface area contributed by atoms with E-state index in [2.05, 4.69) is 33.2 Å². The molecule has 0 fully saturated rings. The second-order valence-electron chi connectivity index (χ2n) is 11.6. The molecule has 2 aliphatic rings. The van der Waals surface area contributed by atoms with Gasteiger partial charge in [0, 0.05) is 50.7 Å². The third-order valence-electron chi connectivity index (χ3n) is 8.09. The number of rotatable bonds is 14. The lowest BCUT2D eigenvalue weighted by Gasteiger charge is -2.18. The van der Waals surface area contributed by atoms with Gasteiger partial charge in [0.25, 0.3) is 5.91 Å². The molecule has 1 atom stereocenters. The van der Waals surface area contributed by atoms with E-state index in [1.807, 2.05) is 24.3 Å². The first kappa shape index (κ1) is 35.1. The highest BCUT2D eigenvalue weighted by Gasteiger charge is 2.25. The second-order valence-corrected chi connectivity index (χ2v) is 12.8. The Kier molecular flexibility index (Phi) is 11.3. The van der Waals surface area contributed by atoms with Gasteiger partial charge in [-0.1, -0.05) is 18.2 Å². The molecule has 3 aromatic carbocycles. The number of aliphatic carboxylic acids is 1. The van der Waals surface area contributed by atoms with Gasteiger partial charge in [-0.05, 0) is 114 Å². The van der Waals surface area contributed by atoms with Crippen LogP contribution in [0.25, 0.3) is 33.4 Å². The van der Waals surface area contributed by atoms with Gasteiger partial charge in [-0.25, -0.2) is 9.59 Å². The van der Waals surface area contributed by atoms with Crippen LogP contribution >= 0.6 is 22.6 Å². The number of phenolic OH excluding ortho intramolecular Hbond substituents is 1. The third kappa shape index (κ3) is 8.82. The first-order valence-electron chi connectivity index (χ1n) is 15.6. The molecule has 5 N–H and O–H groups in total. The van der Waals surface area contributed by atoms with Crippen LogP contribution in [-0.2, 0) is 16.0 Å². The maximum absolute atomic E-state index is 13.2. The minimum Gasteiger partial charge on any atom is -0.508 e. The smallest absolute Gasteiger partial charge is 0.336 e. The van der Waals surface area contributed by atoms with Crippen molar-refractivity contribution < 1.29 is 38.9 Å².